The Hall–Kier alpha value is -0.00571. The maximum absolute atomic E-state index is 8.00. The third-order valence-electron chi connectivity index (χ3n) is 0. The number of aliphatic hydroxyl groups is 3. The van der Waals surface area contributed by atoms with Crippen molar-refractivity contribution in [3.8, 4) is 0 Å². The SMILES string of the molecule is CCO.CCO.CCO.O=N[O-].[Ti]. The summed E-state index contributed by atoms with van der Waals surface area (Å²) in [7, 11) is 0. The molecule has 0 aromatic rings. The van der Waals surface area contributed by atoms with Crippen LogP contribution in [0.3, 0.4) is 0 Å². The number of hydrogen-bond acceptors (Lipinski definition) is 6. The summed E-state index contributed by atoms with van der Waals surface area (Å²) in [5.41, 5.74) is 0. The summed E-state index contributed by atoms with van der Waals surface area (Å²) in [6, 6.07) is 0. The summed E-state index contributed by atoms with van der Waals surface area (Å²) < 4.78 is 0. The summed E-state index contributed by atoms with van der Waals surface area (Å²) in [6.07, 6.45) is 0. The number of rotatable bonds is 0. The van der Waals surface area contributed by atoms with E-state index >= 15 is 0 Å². The molecule has 82 valence electrons. The molecular weight excluding hydrogens is 214 g/mol. The molecule has 6 nitrogen and oxygen atoms in total. The molecule has 0 aromatic carbocycles. The molecular formula is C6H18NO5Ti-. The summed E-state index contributed by atoms with van der Waals surface area (Å²) in [4.78, 5) is 8.00. The molecule has 0 fully saturated rings. The van der Waals surface area contributed by atoms with Crippen LogP contribution in [0.15, 0.2) is 5.34 Å². The first-order valence-corrected chi connectivity index (χ1v) is 3.44. The molecule has 0 aliphatic rings. The van der Waals surface area contributed by atoms with E-state index in [4.69, 9.17) is 25.4 Å². The van der Waals surface area contributed by atoms with E-state index in [2.05, 4.69) is 0 Å². The summed E-state index contributed by atoms with van der Waals surface area (Å²) in [6.45, 7) is 5.79. The quantitative estimate of drug-likeness (QED) is 0.314. The van der Waals surface area contributed by atoms with Crippen molar-refractivity contribution in [1.82, 2.24) is 0 Å². The van der Waals surface area contributed by atoms with Gasteiger partial charge in [0.05, 0.1) is 0 Å². The van der Waals surface area contributed by atoms with Gasteiger partial charge in [-0.1, -0.05) is 0 Å². The van der Waals surface area contributed by atoms with Crippen LogP contribution in [0.5, 0.6) is 0 Å². The average Bonchev–Trinajstić information content (AvgIpc) is 1.92. The Bertz CT molecular complexity index is 45.3. The largest absolute Gasteiger partial charge is 0.444 e. The third-order valence-corrected chi connectivity index (χ3v) is 0. The molecule has 0 saturated carbocycles. The Labute approximate surface area is 93.4 Å². The van der Waals surface area contributed by atoms with Crippen LogP contribution in [0, 0.1) is 10.1 Å². The minimum atomic E-state index is 0. The van der Waals surface area contributed by atoms with E-state index < -0.39 is 0 Å². The fourth-order valence-corrected chi connectivity index (χ4v) is 0. The van der Waals surface area contributed by atoms with Gasteiger partial charge in [0, 0.05) is 41.5 Å². The first-order chi connectivity index (χ1) is 5.66. The van der Waals surface area contributed by atoms with Gasteiger partial charge in [-0.2, -0.15) is 0 Å². The Balaban J connectivity index is -0.0000000213. The normalized spacial score (nSPS) is 5.08. The van der Waals surface area contributed by atoms with Gasteiger partial charge >= 0.3 is 0 Å². The van der Waals surface area contributed by atoms with Crippen LogP contribution in [0.4, 0.5) is 0 Å². The molecule has 0 aromatic heterocycles. The zero-order valence-electron chi connectivity index (χ0n) is 8.23. The van der Waals surface area contributed by atoms with Gasteiger partial charge in [-0.05, 0) is 20.8 Å². The van der Waals surface area contributed by atoms with Crippen molar-refractivity contribution >= 4 is 0 Å². The van der Waals surface area contributed by atoms with Crippen molar-refractivity contribution in [3.63, 3.8) is 0 Å². The fraction of sp³-hybridized carbons (Fsp3) is 1.00. The van der Waals surface area contributed by atoms with Gasteiger partial charge in [0.1, 0.15) is 0 Å². The van der Waals surface area contributed by atoms with E-state index in [1.807, 2.05) is 0 Å². The zero-order valence-corrected chi connectivity index (χ0v) is 9.79. The van der Waals surface area contributed by atoms with E-state index in [-0.39, 0.29) is 41.5 Å². The summed E-state index contributed by atoms with van der Waals surface area (Å²) in [5, 5.41) is 31.7. The first-order valence-electron chi connectivity index (χ1n) is 3.44. The van der Waals surface area contributed by atoms with Crippen molar-refractivity contribution in [1.29, 1.82) is 0 Å². The molecule has 0 bridgehead atoms. The molecule has 0 unspecified atom stereocenters. The zero-order chi connectivity index (χ0) is 10.8. The van der Waals surface area contributed by atoms with Crippen LogP contribution in [0.25, 0.3) is 0 Å². The van der Waals surface area contributed by atoms with Crippen LogP contribution in [-0.2, 0) is 21.7 Å². The second-order valence-corrected chi connectivity index (χ2v) is 1.02. The van der Waals surface area contributed by atoms with Gasteiger partial charge in [0.2, 0.25) is 0 Å². The molecule has 0 heterocycles. The molecule has 7 heteroatoms. The first kappa shape index (κ1) is 29.3. The number of aliphatic hydroxyl groups excluding tert-OH is 3. The fourth-order valence-electron chi connectivity index (χ4n) is 0. The third kappa shape index (κ3) is 36700000. The van der Waals surface area contributed by atoms with E-state index in [0.29, 0.717) is 0 Å². The maximum atomic E-state index is 8.00. The van der Waals surface area contributed by atoms with Gasteiger partial charge in [0.15, 0.2) is 0 Å². The van der Waals surface area contributed by atoms with Crippen LogP contribution in [-0.4, -0.2) is 35.1 Å². The van der Waals surface area contributed by atoms with E-state index in [1.165, 1.54) is 0 Å². The predicted molar refractivity (Wildman–Crippen MR) is 47.4 cm³/mol. The molecule has 0 atom stereocenters. The topological polar surface area (TPSA) is 113 Å². The van der Waals surface area contributed by atoms with Crippen molar-refractivity contribution in [2.75, 3.05) is 19.8 Å². The Kier molecular flexibility index (Phi) is 204. The average molecular weight is 232 g/mol. The Morgan fingerprint density at radius 1 is 1.00 bits per heavy atom. The molecule has 0 spiro atoms. The molecule has 0 amide bonds. The monoisotopic (exact) mass is 232 g/mol. The van der Waals surface area contributed by atoms with E-state index in [9.17, 15) is 0 Å². The Morgan fingerprint density at radius 3 is 1.00 bits per heavy atom. The smallest absolute Gasteiger partial charge is 0.0402 e. The van der Waals surface area contributed by atoms with Crippen LogP contribution in [0.2, 0.25) is 0 Å². The second kappa shape index (κ2) is 90.9. The van der Waals surface area contributed by atoms with E-state index in [1.54, 1.807) is 20.8 Å². The van der Waals surface area contributed by atoms with Crippen molar-refractivity contribution < 1.29 is 37.0 Å². The van der Waals surface area contributed by atoms with Gasteiger partial charge in [-0.3, -0.25) is 0 Å². The maximum Gasteiger partial charge on any atom is 0.0402 e. The van der Waals surface area contributed by atoms with Crippen LogP contribution < -0.4 is 0 Å². The van der Waals surface area contributed by atoms with Crippen LogP contribution in [0.1, 0.15) is 20.8 Å². The molecule has 3 N–H and O–H groups in total. The van der Waals surface area contributed by atoms with Gasteiger partial charge < -0.3 is 25.4 Å². The van der Waals surface area contributed by atoms with Gasteiger partial charge in [-0.25, -0.2) is 0 Å². The minimum Gasteiger partial charge on any atom is -0.444 e. The van der Waals surface area contributed by atoms with Gasteiger partial charge in [-0.15, -0.1) is 5.34 Å². The standard InChI is InChI=1S/3C2H6O.HNO2.Ti/c3*1-2-3;2-1-3;/h3*3H,2H2,1H3;(H,2,3);/p-1. The van der Waals surface area contributed by atoms with Crippen LogP contribution >= 0.6 is 0 Å². The second-order valence-electron chi connectivity index (χ2n) is 1.02. The molecule has 0 radical (unpaired) electrons. The molecule has 0 aliphatic carbocycles. The minimum absolute atomic E-state index is 0. The molecule has 0 saturated heterocycles. The molecule has 0 rings (SSSR count). The molecule has 0 aliphatic heterocycles. The molecule has 13 heavy (non-hydrogen) atoms. The van der Waals surface area contributed by atoms with E-state index in [0.717, 1.165) is 5.34 Å². The van der Waals surface area contributed by atoms with Crippen molar-refractivity contribution in [3.05, 3.63) is 10.1 Å². The van der Waals surface area contributed by atoms with Crippen molar-refractivity contribution in [2.24, 2.45) is 5.34 Å². The predicted octanol–water partition coefficient (Wildman–Crippen LogP) is 0.244. The summed E-state index contributed by atoms with van der Waals surface area (Å²) >= 11 is 0. The van der Waals surface area contributed by atoms with Gasteiger partial charge in [0.25, 0.3) is 0 Å². The number of hydrogen-bond donors (Lipinski definition) is 3. The van der Waals surface area contributed by atoms with Crippen molar-refractivity contribution in [2.45, 2.75) is 20.8 Å². The Morgan fingerprint density at radius 2 is 1.00 bits per heavy atom. The summed E-state index contributed by atoms with van der Waals surface area (Å²) in [5.74, 6) is 0. The number of nitrogens with zero attached hydrogens (tertiary/aromatic N) is 1.